The molecule has 6 fully saturated rings. The van der Waals surface area contributed by atoms with Crippen LogP contribution < -0.4 is 10.6 Å². The molecular weight excluding hydrogens is 406 g/mol. The SMILES string of the molecule is N#Cc1ccc(N2CC[C@@H]3CN(C(=O)OC4C5CC6CC4CC(C(N)=O)(C6)C5)C[C@H]32)nc1. The van der Waals surface area contributed by atoms with Crippen molar-refractivity contribution >= 4 is 17.8 Å². The van der Waals surface area contributed by atoms with Gasteiger partial charge in [-0.05, 0) is 68.4 Å². The van der Waals surface area contributed by atoms with Gasteiger partial charge < -0.3 is 20.3 Å². The Morgan fingerprint density at radius 2 is 1.94 bits per heavy atom. The first-order valence-electron chi connectivity index (χ1n) is 11.8. The smallest absolute Gasteiger partial charge is 0.410 e. The van der Waals surface area contributed by atoms with Gasteiger partial charge in [-0.25, -0.2) is 9.78 Å². The van der Waals surface area contributed by atoms with Gasteiger partial charge in [0.15, 0.2) is 0 Å². The zero-order valence-electron chi connectivity index (χ0n) is 18.2. The molecule has 168 valence electrons. The van der Waals surface area contributed by atoms with E-state index in [-0.39, 0.29) is 41.4 Å². The molecule has 32 heavy (non-hydrogen) atoms. The minimum absolute atomic E-state index is 0.0803. The molecule has 4 aliphatic carbocycles. The third-order valence-corrected chi connectivity index (χ3v) is 8.92. The Hall–Kier alpha value is -2.82. The van der Waals surface area contributed by atoms with Crippen molar-refractivity contribution in [2.45, 2.75) is 50.7 Å². The van der Waals surface area contributed by atoms with Gasteiger partial charge in [0, 0.05) is 31.7 Å². The fourth-order valence-corrected chi connectivity index (χ4v) is 7.68. The molecule has 1 aromatic heterocycles. The molecule has 1 aromatic rings. The first-order valence-corrected chi connectivity index (χ1v) is 11.8. The molecule has 2 unspecified atom stereocenters. The van der Waals surface area contributed by atoms with Crippen molar-refractivity contribution in [2.75, 3.05) is 24.5 Å². The van der Waals surface area contributed by atoms with Crippen LogP contribution in [0.15, 0.2) is 18.3 Å². The number of rotatable bonds is 3. The summed E-state index contributed by atoms with van der Waals surface area (Å²) < 4.78 is 6.14. The summed E-state index contributed by atoms with van der Waals surface area (Å²) in [7, 11) is 0. The second-order valence-electron chi connectivity index (χ2n) is 10.7. The first-order chi connectivity index (χ1) is 15.5. The van der Waals surface area contributed by atoms with Crippen molar-refractivity contribution in [1.82, 2.24) is 9.88 Å². The standard InChI is InChI=1S/C24H29N5O3/c25-10-14-1-2-20(27-11-14)29-4-3-16-12-28(13-19(16)29)23(31)32-21-17-5-15-6-18(21)9-24(7-15,8-17)22(26)30/h1-2,11,15-19,21H,3-9,12-13H2,(H2,26,30)/t15?,16-,17?,18?,19-,21?,24?/m1/s1. The number of anilines is 1. The Morgan fingerprint density at radius 3 is 2.59 bits per heavy atom. The number of hydrogen-bond acceptors (Lipinski definition) is 6. The predicted molar refractivity (Wildman–Crippen MR) is 115 cm³/mol. The lowest BCUT2D eigenvalue weighted by Gasteiger charge is -2.58. The third kappa shape index (κ3) is 2.97. The molecule has 3 heterocycles. The average Bonchev–Trinajstić information content (AvgIpc) is 3.37. The fraction of sp³-hybridized carbons (Fsp3) is 0.667. The van der Waals surface area contributed by atoms with Crippen LogP contribution in [0.2, 0.25) is 0 Å². The molecule has 2 saturated heterocycles. The first kappa shape index (κ1) is 19.8. The van der Waals surface area contributed by atoms with Gasteiger partial charge in [-0.2, -0.15) is 5.26 Å². The summed E-state index contributed by atoms with van der Waals surface area (Å²) in [5.41, 5.74) is 5.98. The Balaban J connectivity index is 1.12. The van der Waals surface area contributed by atoms with Crippen molar-refractivity contribution in [3.8, 4) is 6.07 Å². The highest BCUT2D eigenvalue weighted by Crippen LogP contribution is 2.60. The van der Waals surface area contributed by atoms with Gasteiger partial charge in [0.2, 0.25) is 5.91 Å². The van der Waals surface area contributed by atoms with Crippen molar-refractivity contribution in [3.63, 3.8) is 0 Å². The summed E-state index contributed by atoms with van der Waals surface area (Å²) in [5.74, 6) is 2.19. The summed E-state index contributed by atoms with van der Waals surface area (Å²) in [5, 5.41) is 9.01. The summed E-state index contributed by atoms with van der Waals surface area (Å²) in [6, 6.07) is 6.03. The molecule has 2 N–H and O–H groups in total. The number of fused-ring (bicyclic) bond motifs is 1. The number of carbonyl (C=O) groups is 2. The Kier molecular flexibility index (Phi) is 4.40. The molecule has 8 nitrogen and oxygen atoms in total. The topological polar surface area (TPSA) is 113 Å². The monoisotopic (exact) mass is 435 g/mol. The van der Waals surface area contributed by atoms with Crippen LogP contribution in [0.1, 0.15) is 44.1 Å². The van der Waals surface area contributed by atoms with E-state index in [4.69, 9.17) is 15.7 Å². The van der Waals surface area contributed by atoms with Crippen molar-refractivity contribution < 1.29 is 14.3 Å². The second-order valence-corrected chi connectivity index (χ2v) is 10.7. The maximum atomic E-state index is 13.2. The molecule has 6 aliphatic rings. The normalized spacial score (nSPS) is 39.1. The van der Waals surface area contributed by atoms with E-state index in [0.29, 0.717) is 30.5 Å². The lowest BCUT2D eigenvalue weighted by atomic mass is 9.48. The van der Waals surface area contributed by atoms with Crippen LogP contribution in [0.4, 0.5) is 10.6 Å². The van der Waals surface area contributed by atoms with Gasteiger partial charge in [0.25, 0.3) is 0 Å². The number of nitriles is 1. The van der Waals surface area contributed by atoms with E-state index in [2.05, 4.69) is 16.0 Å². The minimum atomic E-state index is -0.362. The van der Waals surface area contributed by atoms with Crippen molar-refractivity contribution in [2.24, 2.45) is 34.8 Å². The Morgan fingerprint density at radius 1 is 1.16 bits per heavy atom. The Labute approximate surface area is 187 Å². The number of primary amides is 1. The van der Waals surface area contributed by atoms with Gasteiger partial charge >= 0.3 is 6.09 Å². The summed E-state index contributed by atoms with van der Waals surface area (Å²) in [6.45, 7) is 2.27. The number of ether oxygens (including phenoxy) is 1. The van der Waals surface area contributed by atoms with E-state index in [9.17, 15) is 9.59 Å². The quantitative estimate of drug-likeness (QED) is 0.779. The van der Waals surface area contributed by atoms with Crippen LogP contribution in [0, 0.1) is 40.4 Å². The van der Waals surface area contributed by atoms with Crippen LogP contribution >= 0.6 is 0 Å². The molecule has 0 aromatic carbocycles. The van der Waals surface area contributed by atoms with Gasteiger partial charge in [-0.1, -0.05) is 0 Å². The molecule has 4 bridgehead atoms. The highest BCUT2D eigenvalue weighted by Gasteiger charge is 2.59. The molecule has 2 amide bonds. The number of hydrogen-bond donors (Lipinski definition) is 1. The van der Waals surface area contributed by atoms with Crippen LogP contribution in [0.25, 0.3) is 0 Å². The Bertz CT molecular complexity index is 972. The van der Waals surface area contributed by atoms with Crippen LogP contribution in [-0.4, -0.2) is 53.7 Å². The molecule has 7 rings (SSSR count). The number of carbonyl (C=O) groups excluding carboxylic acids is 2. The lowest BCUT2D eigenvalue weighted by molar-refractivity contribution is -0.161. The molecular formula is C24H29N5O3. The predicted octanol–water partition coefficient (Wildman–Crippen LogP) is 2.28. The molecule has 2 aliphatic heterocycles. The van der Waals surface area contributed by atoms with E-state index in [0.717, 1.165) is 50.9 Å². The highest BCUT2D eigenvalue weighted by molar-refractivity contribution is 5.81. The van der Waals surface area contributed by atoms with Gasteiger partial charge in [0.05, 0.1) is 17.0 Å². The van der Waals surface area contributed by atoms with E-state index in [1.165, 1.54) is 0 Å². The number of amides is 2. The number of aromatic nitrogens is 1. The van der Waals surface area contributed by atoms with Crippen LogP contribution in [0.5, 0.6) is 0 Å². The average molecular weight is 436 g/mol. The highest BCUT2D eigenvalue weighted by atomic mass is 16.6. The fourth-order valence-electron chi connectivity index (χ4n) is 7.68. The van der Waals surface area contributed by atoms with E-state index in [1.807, 2.05) is 11.0 Å². The number of pyridine rings is 1. The zero-order valence-corrected chi connectivity index (χ0v) is 18.2. The zero-order chi connectivity index (χ0) is 22.0. The van der Waals surface area contributed by atoms with Crippen LogP contribution in [-0.2, 0) is 9.53 Å². The molecule has 4 saturated carbocycles. The lowest BCUT2D eigenvalue weighted by Crippen LogP contribution is -2.59. The molecule has 0 radical (unpaired) electrons. The van der Waals surface area contributed by atoms with E-state index in [1.54, 1.807) is 12.3 Å². The summed E-state index contributed by atoms with van der Waals surface area (Å²) >= 11 is 0. The van der Waals surface area contributed by atoms with E-state index >= 15 is 0 Å². The summed E-state index contributed by atoms with van der Waals surface area (Å²) in [4.78, 5) is 33.9. The van der Waals surface area contributed by atoms with Crippen LogP contribution in [0.3, 0.4) is 0 Å². The number of likely N-dealkylation sites (tertiary alicyclic amines) is 1. The van der Waals surface area contributed by atoms with Crippen molar-refractivity contribution in [3.05, 3.63) is 23.9 Å². The summed E-state index contributed by atoms with van der Waals surface area (Å²) in [6.07, 6.45) is 6.90. The number of nitrogens with two attached hydrogens (primary N) is 1. The largest absolute Gasteiger partial charge is 0.446 e. The molecule has 8 heteroatoms. The van der Waals surface area contributed by atoms with E-state index < -0.39 is 0 Å². The minimum Gasteiger partial charge on any atom is -0.446 e. The third-order valence-electron chi connectivity index (χ3n) is 8.92. The number of nitrogens with zero attached hydrogens (tertiary/aromatic N) is 4. The molecule has 0 spiro atoms. The maximum absolute atomic E-state index is 13.2. The van der Waals surface area contributed by atoms with Gasteiger partial charge in [0.1, 0.15) is 18.0 Å². The maximum Gasteiger partial charge on any atom is 0.410 e. The second kappa shape index (κ2) is 7.09. The molecule has 4 atom stereocenters. The van der Waals surface area contributed by atoms with Gasteiger partial charge in [-0.15, -0.1) is 0 Å². The van der Waals surface area contributed by atoms with Gasteiger partial charge in [-0.3, -0.25) is 4.79 Å². The van der Waals surface area contributed by atoms with Crippen molar-refractivity contribution in [1.29, 1.82) is 5.26 Å².